The molecule has 0 bridgehead atoms. The second-order valence-corrected chi connectivity index (χ2v) is 5.59. The summed E-state index contributed by atoms with van der Waals surface area (Å²) >= 11 is 1.60. The zero-order valence-electron chi connectivity index (χ0n) is 11.7. The van der Waals surface area contributed by atoms with Crippen LogP contribution in [0.5, 0.6) is 0 Å². The fourth-order valence-electron chi connectivity index (χ4n) is 1.81. The Kier molecular flexibility index (Phi) is 4.99. The van der Waals surface area contributed by atoms with Gasteiger partial charge in [-0.3, -0.25) is 5.10 Å². The number of H-pyrrole nitrogens is 1. The van der Waals surface area contributed by atoms with Gasteiger partial charge in [-0.15, -0.1) is 5.10 Å². The second-order valence-electron chi connectivity index (χ2n) is 4.58. The minimum atomic E-state index is 0.775. The number of hydrogen-bond donors (Lipinski definition) is 2. The standard InChI is InChI=1S/C14H20N4S/c1-4-7-15-9-12-5-6-13(10(2)8-12)19-14-16-11(3)17-18-14/h5-6,8,15H,4,7,9H2,1-3H3,(H,16,17,18). The van der Waals surface area contributed by atoms with E-state index in [1.165, 1.54) is 16.0 Å². The molecule has 19 heavy (non-hydrogen) atoms. The Bertz CT molecular complexity index is 536. The van der Waals surface area contributed by atoms with E-state index < -0.39 is 0 Å². The van der Waals surface area contributed by atoms with Crippen LogP contribution >= 0.6 is 11.8 Å². The van der Waals surface area contributed by atoms with Crippen molar-refractivity contribution >= 4 is 11.8 Å². The molecule has 0 saturated heterocycles. The van der Waals surface area contributed by atoms with Gasteiger partial charge in [0.15, 0.2) is 0 Å². The molecule has 102 valence electrons. The van der Waals surface area contributed by atoms with Gasteiger partial charge < -0.3 is 5.32 Å². The average molecular weight is 276 g/mol. The van der Waals surface area contributed by atoms with Crippen LogP contribution in [0.1, 0.15) is 30.3 Å². The molecule has 1 aromatic heterocycles. The third-order valence-electron chi connectivity index (χ3n) is 2.77. The van der Waals surface area contributed by atoms with E-state index in [2.05, 4.69) is 52.5 Å². The molecule has 1 heterocycles. The molecule has 0 aliphatic carbocycles. The van der Waals surface area contributed by atoms with E-state index in [4.69, 9.17) is 0 Å². The van der Waals surface area contributed by atoms with Gasteiger partial charge in [0, 0.05) is 11.4 Å². The van der Waals surface area contributed by atoms with E-state index in [0.29, 0.717) is 0 Å². The monoisotopic (exact) mass is 276 g/mol. The van der Waals surface area contributed by atoms with Crippen molar-refractivity contribution in [3.63, 3.8) is 0 Å². The Morgan fingerprint density at radius 2 is 2.16 bits per heavy atom. The maximum atomic E-state index is 4.31. The first-order chi connectivity index (χ1) is 9.19. The van der Waals surface area contributed by atoms with Crippen molar-refractivity contribution in [2.24, 2.45) is 0 Å². The first kappa shape index (κ1) is 14.1. The van der Waals surface area contributed by atoms with E-state index in [0.717, 1.165) is 30.5 Å². The summed E-state index contributed by atoms with van der Waals surface area (Å²) in [5.41, 5.74) is 2.59. The molecule has 4 nitrogen and oxygen atoms in total. The van der Waals surface area contributed by atoms with E-state index in [1.54, 1.807) is 11.8 Å². The van der Waals surface area contributed by atoms with Crippen LogP contribution in [0, 0.1) is 13.8 Å². The number of aryl methyl sites for hydroxylation is 2. The van der Waals surface area contributed by atoms with Crippen molar-refractivity contribution in [2.75, 3.05) is 6.54 Å². The van der Waals surface area contributed by atoms with Gasteiger partial charge in [-0.05, 0) is 55.8 Å². The lowest BCUT2D eigenvalue weighted by atomic mass is 10.1. The number of nitrogens with zero attached hydrogens (tertiary/aromatic N) is 2. The Labute approximate surface area is 118 Å². The molecule has 0 aliphatic heterocycles. The highest BCUT2D eigenvalue weighted by Gasteiger charge is 2.06. The zero-order valence-corrected chi connectivity index (χ0v) is 12.5. The van der Waals surface area contributed by atoms with Crippen LogP contribution < -0.4 is 5.32 Å². The minimum absolute atomic E-state index is 0.775. The molecule has 2 rings (SSSR count). The molecular formula is C14H20N4S. The molecule has 2 aromatic rings. The van der Waals surface area contributed by atoms with Gasteiger partial charge in [0.2, 0.25) is 5.16 Å². The number of aromatic amines is 1. The first-order valence-corrected chi connectivity index (χ1v) is 7.37. The van der Waals surface area contributed by atoms with Crippen LogP contribution in [0.3, 0.4) is 0 Å². The molecule has 0 amide bonds. The number of aromatic nitrogens is 3. The van der Waals surface area contributed by atoms with Crippen LogP contribution in [0.25, 0.3) is 0 Å². The summed E-state index contributed by atoms with van der Waals surface area (Å²) in [6.07, 6.45) is 1.16. The van der Waals surface area contributed by atoms with Crippen molar-refractivity contribution in [2.45, 2.75) is 43.8 Å². The predicted octanol–water partition coefficient (Wildman–Crippen LogP) is 3.07. The predicted molar refractivity (Wildman–Crippen MR) is 78.4 cm³/mol. The van der Waals surface area contributed by atoms with Crippen LogP contribution in [0.15, 0.2) is 28.3 Å². The first-order valence-electron chi connectivity index (χ1n) is 6.56. The maximum Gasteiger partial charge on any atom is 0.213 e. The normalized spacial score (nSPS) is 10.9. The Morgan fingerprint density at radius 3 is 2.79 bits per heavy atom. The van der Waals surface area contributed by atoms with Crippen LogP contribution in [0.4, 0.5) is 0 Å². The molecule has 0 atom stereocenters. The van der Waals surface area contributed by atoms with Gasteiger partial charge in [0.25, 0.3) is 0 Å². The largest absolute Gasteiger partial charge is 0.313 e. The lowest BCUT2D eigenvalue weighted by molar-refractivity contribution is 0.675. The lowest BCUT2D eigenvalue weighted by Gasteiger charge is -2.07. The van der Waals surface area contributed by atoms with Crippen molar-refractivity contribution in [1.29, 1.82) is 0 Å². The third-order valence-corrected chi connectivity index (χ3v) is 3.82. The number of nitrogens with one attached hydrogen (secondary N) is 2. The molecule has 2 N–H and O–H groups in total. The Balaban J connectivity index is 2.02. The molecule has 0 spiro atoms. The van der Waals surface area contributed by atoms with E-state index in [1.807, 2.05) is 6.92 Å². The summed E-state index contributed by atoms with van der Waals surface area (Å²) in [5, 5.41) is 11.2. The van der Waals surface area contributed by atoms with E-state index in [-0.39, 0.29) is 0 Å². The molecule has 0 saturated carbocycles. The Morgan fingerprint density at radius 1 is 1.32 bits per heavy atom. The summed E-state index contributed by atoms with van der Waals surface area (Å²) in [5.74, 6) is 0.848. The molecule has 0 radical (unpaired) electrons. The van der Waals surface area contributed by atoms with Gasteiger partial charge in [-0.2, -0.15) is 0 Å². The van der Waals surface area contributed by atoms with Crippen LogP contribution in [-0.2, 0) is 6.54 Å². The Hall–Kier alpha value is -1.33. The van der Waals surface area contributed by atoms with Gasteiger partial charge in [-0.25, -0.2) is 4.98 Å². The number of hydrogen-bond acceptors (Lipinski definition) is 4. The third kappa shape index (κ3) is 4.08. The highest BCUT2D eigenvalue weighted by molar-refractivity contribution is 7.99. The second kappa shape index (κ2) is 6.73. The zero-order chi connectivity index (χ0) is 13.7. The fourth-order valence-corrected chi connectivity index (χ4v) is 2.64. The minimum Gasteiger partial charge on any atom is -0.313 e. The SMILES string of the molecule is CCCNCc1ccc(Sc2n[nH]c(C)n2)c(C)c1. The molecule has 1 aromatic carbocycles. The molecule has 0 fully saturated rings. The summed E-state index contributed by atoms with van der Waals surface area (Å²) in [6, 6.07) is 6.54. The van der Waals surface area contributed by atoms with Gasteiger partial charge in [-0.1, -0.05) is 19.1 Å². The lowest BCUT2D eigenvalue weighted by Crippen LogP contribution is -2.13. The quantitative estimate of drug-likeness (QED) is 0.796. The van der Waals surface area contributed by atoms with Crippen molar-refractivity contribution < 1.29 is 0 Å². The van der Waals surface area contributed by atoms with Crippen molar-refractivity contribution in [3.8, 4) is 0 Å². The molecule has 5 heteroatoms. The van der Waals surface area contributed by atoms with Gasteiger partial charge >= 0.3 is 0 Å². The van der Waals surface area contributed by atoms with Crippen LogP contribution in [-0.4, -0.2) is 21.7 Å². The topological polar surface area (TPSA) is 53.6 Å². The highest BCUT2D eigenvalue weighted by atomic mass is 32.2. The average Bonchev–Trinajstić information content (AvgIpc) is 2.79. The van der Waals surface area contributed by atoms with Crippen LogP contribution in [0.2, 0.25) is 0 Å². The highest BCUT2D eigenvalue weighted by Crippen LogP contribution is 2.28. The number of rotatable bonds is 6. The van der Waals surface area contributed by atoms with Gasteiger partial charge in [0.05, 0.1) is 0 Å². The maximum absolute atomic E-state index is 4.31. The molecular weight excluding hydrogens is 256 g/mol. The number of benzene rings is 1. The van der Waals surface area contributed by atoms with Crippen molar-refractivity contribution in [1.82, 2.24) is 20.5 Å². The van der Waals surface area contributed by atoms with E-state index in [9.17, 15) is 0 Å². The summed E-state index contributed by atoms with van der Waals surface area (Å²) in [6.45, 7) is 8.21. The molecule has 0 unspecified atom stereocenters. The molecule has 0 aliphatic rings. The van der Waals surface area contributed by atoms with E-state index >= 15 is 0 Å². The summed E-state index contributed by atoms with van der Waals surface area (Å²) in [4.78, 5) is 5.52. The summed E-state index contributed by atoms with van der Waals surface area (Å²) in [7, 11) is 0. The fraction of sp³-hybridized carbons (Fsp3) is 0.429. The smallest absolute Gasteiger partial charge is 0.213 e. The van der Waals surface area contributed by atoms with Gasteiger partial charge in [0.1, 0.15) is 5.82 Å². The van der Waals surface area contributed by atoms with Crippen molar-refractivity contribution in [3.05, 3.63) is 35.2 Å². The summed E-state index contributed by atoms with van der Waals surface area (Å²) < 4.78 is 0.